The van der Waals surface area contributed by atoms with E-state index >= 15 is 0 Å². The Morgan fingerprint density at radius 1 is 1.13 bits per heavy atom. The number of aromatic carboxylic acids is 1. The van der Waals surface area contributed by atoms with Gasteiger partial charge in [0.25, 0.3) is 0 Å². The normalized spacial score (nSPS) is 9.96. The van der Waals surface area contributed by atoms with Gasteiger partial charge in [0.15, 0.2) is 0 Å². The molecule has 0 amide bonds. The molecule has 2 aromatic carbocycles. The van der Waals surface area contributed by atoms with Gasteiger partial charge in [-0.05, 0) is 54.4 Å². The Kier molecular flexibility index (Phi) is 5.79. The van der Waals surface area contributed by atoms with Gasteiger partial charge in [-0.15, -0.1) is 0 Å². The van der Waals surface area contributed by atoms with Gasteiger partial charge in [0.2, 0.25) is 0 Å². The lowest BCUT2D eigenvalue weighted by Gasteiger charge is -2.06. The Morgan fingerprint density at radius 3 is 2.52 bits per heavy atom. The topological polar surface area (TPSA) is 66.8 Å². The second kappa shape index (κ2) is 8.02. The van der Waals surface area contributed by atoms with E-state index in [9.17, 15) is 9.90 Å². The van der Waals surface area contributed by atoms with Crippen molar-refractivity contribution in [3.8, 4) is 17.6 Å². The molecule has 0 saturated heterocycles. The third-order valence-corrected chi connectivity index (χ3v) is 3.17. The predicted molar refractivity (Wildman–Crippen MR) is 87.4 cm³/mol. The molecule has 2 rings (SSSR count). The molecule has 0 atom stereocenters. The zero-order valence-electron chi connectivity index (χ0n) is 12.9. The summed E-state index contributed by atoms with van der Waals surface area (Å²) in [6, 6.07) is 11.4. The van der Waals surface area contributed by atoms with Crippen molar-refractivity contribution in [3.05, 3.63) is 64.7 Å². The molecule has 0 radical (unpaired) electrons. The smallest absolute Gasteiger partial charge is 0.335 e. The average Bonchev–Trinajstić information content (AvgIpc) is 2.54. The number of carboxylic acid groups (broad SMARTS) is 1. The second-order valence-corrected chi connectivity index (χ2v) is 5.03. The molecule has 0 aromatic heterocycles. The van der Waals surface area contributed by atoms with Crippen LogP contribution in [0.5, 0.6) is 5.75 Å². The Morgan fingerprint density at radius 2 is 1.87 bits per heavy atom. The van der Waals surface area contributed by atoms with Crippen molar-refractivity contribution >= 4 is 5.97 Å². The van der Waals surface area contributed by atoms with Gasteiger partial charge in [0.05, 0.1) is 12.2 Å². The maximum absolute atomic E-state index is 10.8. The van der Waals surface area contributed by atoms with Gasteiger partial charge < -0.3 is 14.9 Å². The van der Waals surface area contributed by atoms with Gasteiger partial charge >= 0.3 is 5.97 Å². The number of phenols is 1. The summed E-state index contributed by atoms with van der Waals surface area (Å²) < 4.78 is 5.51. The summed E-state index contributed by atoms with van der Waals surface area (Å²) in [5, 5.41) is 18.5. The molecule has 0 aliphatic rings. The molecule has 118 valence electrons. The van der Waals surface area contributed by atoms with Gasteiger partial charge in [0.1, 0.15) is 5.75 Å². The van der Waals surface area contributed by atoms with E-state index in [1.165, 1.54) is 12.1 Å². The first-order chi connectivity index (χ1) is 11.1. The van der Waals surface area contributed by atoms with Crippen LogP contribution in [0.4, 0.5) is 0 Å². The van der Waals surface area contributed by atoms with Crippen molar-refractivity contribution in [2.75, 3.05) is 6.61 Å². The third kappa shape index (κ3) is 4.87. The number of carboxylic acids is 1. The van der Waals surface area contributed by atoms with Crippen LogP contribution in [0.25, 0.3) is 0 Å². The SMILES string of the molecule is CCCOCc1cc(O)ccc1C#Cc1ccc(C(=O)O)cc1. The van der Waals surface area contributed by atoms with Crippen molar-refractivity contribution in [1.29, 1.82) is 0 Å². The lowest BCUT2D eigenvalue weighted by atomic mass is 10.1. The van der Waals surface area contributed by atoms with Crippen LogP contribution in [-0.2, 0) is 11.3 Å². The molecule has 4 nitrogen and oxygen atoms in total. The summed E-state index contributed by atoms with van der Waals surface area (Å²) in [7, 11) is 0. The van der Waals surface area contributed by atoms with Crippen LogP contribution in [0.15, 0.2) is 42.5 Å². The van der Waals surface area contributed by atoms with E-state index < -0.39 is 5.97 Å². The molecule has 4 heteroatoms. The van der Waals surface area contributed by atoms with Gasteiger partial charge in [-0.2, -0.15) is 0 Å². The van der Waals surface area contributed by atoms with E-state index in [2.05, 4.69) is 11.8 Å². The van der Waals surface area contributed by atoms with E-state index in [1.54, 1.807) is 30.3 Å². The lowest BCUT2D eigenvalue weighted by molar-refractivity contribution is 0.0697. The van der Waals surface area contributed by atoms with Crippen LogP contribution < -0.4 is 0 Å². The number of rotatable bonds is 5. The van der Waals surface area contributed by atoms with Crippen molar-refractivity contribution in [2.45, 2.75) is 20.0 Å². The second-order valence-electron chi connectivity index (χ2n) is 5.03. The highest BCUT2D eigenvalue weighted by Gasteiger charge is 2.03. The first kappa shape index (κ1) is 16.6. The molecular weight excluding hydrogens is 292 g/mol. The molecule has 23 heavy (non-hydrogen) atoms. The summed E-state index contributed by atoms with van der Waals surface area (Å²) >= 11 is 0. The molecule has 0 unspecified atom stereocenters. The van der Waals surface area contributed by atoms with E-state index in [0.717, 1.165) is 23.1 Å². The van der Waals surface area contributed by atoms with E-state index in [-0.39, 0.29) is 11.3 Å². The molecule has 0 aliphatic carbocycles. The summed E-state index contributed by atoms with van der Waals surface area (Å²) in [4.78, 5) is 10.8. The maximum Gasteiger partial charge on any atom is 0.335 e. The fourth-order valence-corrected chi connectivity index (χ4v) is 1.98. The number of phenolic OH excluding ortho intramolecular Hbond substituents is 1. The highest BCUT2D eigenvalue weighted by Crippen LogP contribution is 2.17. The van der Waals surface area contributed by atoms with Crippen molar-refractivity contribution in [1.82, 2.24) is 0 Å². The first-order valence-electron chi connectivity index (χ1n) is 7.35. The number of ether oxygens (including phenoxy) is 1. The molecule has 0 fully saturated rings. The maximum atomic E-state index is 10.8. The molecular formula is C19H18O4. The molecule has 0 bridgehead atoms. The van der Waals surface area contributed by atoms with Crippen LogP contribution in [0, 0.1) is 11.8 Å². The zero-order valence-corrected chi connectivity index (χ0v) is 12.9. The molecule has 0 spiro atoms. The van der Waals surface area contributed by atoms with Gasteiger partial charge in [-0.1, -0.05) is 18.8 Å². The van der Waals surface area contributed by atoms with Gasteiger partial charge in [-0.25, -0.2) is 4.79 Å². The molecule has 2 N–H and O–H groups in total. The molecule has 0 aliphatic heterocycles. The van der Waals surface area contributed by atoms with Crippen LogP contribution in [0.1, 0.15) is 40.4 Å². The molecule has 0 heterocycles. The van der Waals surface area contributed by atoms with Crippen molar-refractivity contribution in [3.63, 3.8) is 0 Å². The molecule has 0 saturated carbocycles. The van der Waals surface area contributed by atoms with E-state index in [4.69, 9.17) is 9.84 Å². The number of carbonyl (C=O) groups is 1. The average molecular weight is 310 g/mol. The standard InChI is InChI=1S/C19H18O4/c1-2-11-23-13-17-12-18(20)10-9-15(17)6-3-14-4-7-16(8-5-14)19(21)22/h4-5,7-10,12,20H,2,11,13H2,1H3,(H,21,22). The summed E-state index contributed by atoms with van der Waals surface area (Å²) in [5.74, 6) is 5.26. The van der Waals surface area contributed by atoms with E-state index in [0.29, 0.717) is 13.2 Å². The number of hydrogen-bond acceptors (Lipinski definition) is 3. The predicted octanol–water partition coefficient (Wildman–Crippen LogP) is 3.42. The minimum absolute atomic E-state index is 0.177. The number of aromatic hydroxyl groups is 1. The third-order valence-electron chi connectivity index (χ3n) is 3.17. The summed E-state index contributed by atoms with van der Waals surface area (Å²) in [6.07, 6.45) is 0.926. The largest absolute Gasteiger partial charge is 0.508 e. The first-order valence-corrected chi connectivity index (χ1v) is 7.35. The van der Waals surface area contributed by atoms with E-state index in [1.807, 2.05) is 6.92 Å². The highest BCUT2D eigenvalue weighted by atomic mass is 16.5. The Labute approximate surface area is 135 Å². The lowest BCUT2D eigenvalue weighted by Crippen LogP contribution is -1.97. The Balaban J connectivity index is 2.20. The Hall–Kier alpha value is -2.77. The zero-order chi connectivity index (χ0) is 16.7. The summed E-state index contributed by atoms with van der Waals surface area (Å²) in [6.45, 7) is 3.08. The highest BCUT2D eigenvalue weighted by molar-refractivity contribution is 5.87. The fourth-order valence-electron chi connectivity index (χ4n) is 1.98. The van der Waals surface area contributed by atoms with Crippen LogP contribution in [-0.4, -0.2) is 22.8 Å². The number of benzene rings is 2. The van der Waals surface area contributed by atoms with Crippen LogP contribution >= 0.6 is 0 Å². The van der Waals surface area contributed by atoms with Crippen molar-refractivity contribution in [2.24, 2.45) is 0 Å². The minimum Gasteiger partial charge on any atom is -0.508 e. The van der Waals surface area contributed by atoms with Gasteiger partial charge in [0, 0.05) is 17.7 Å². The number of hydrogen-bond donors (Lipinski definition) is 2. The van der Waals surface area contributed by atoms with Crippen molar-refractivity contribution < 1.29 is 19.7 Å². The minimum atomic E-state index is -0.960. The Bertz CT molecular complexity index is 736. The quantitative estimate of drug-likeness (QED) is 0.656. The van der Waals surface area contributed by atoms with Crippen LogP contribution in [0.3, 0.4) is 0 Å². The fraction of sp³-hybridized carbons (Fsp3) is 0.211. The van der Waals surface area contributed by atoms with Gasteiger partial charge in [-0.3, -0.25) is 0 Å². The molecule has 2 aromatic rings. The summed E-state index contributed by atoms with van der Waals surface area (Å²) in [5.41, 5.74) is 2.56. The van der Waals surface area contributed by atoms with Crippen LogP contribution in [0.2, 0.25) is 0 Å². The monoisotopic (exact) mass is 310 g/mol.